The van der Waals surface area contributed by atoms with Gasteiger partial charge in [0.25, 0.3) is 0 Å². The predicted molar refractivity (Wildman–Crippen MR) is 79.0 cm³/mol. The first-order chi connectivity index (χ1) is 7.47. The highest BCUT2D eigenvalue weighted by Crippen LogP contribution is 2.39. The van der Waals surface area contributed by atoms with Crippen LogP contribution in [0.1, 0.15) is 68.2 Å². The Morgan fingerprint density at radius 1 is 1.12 bits per heavy atom. The van der Waals surface area contributed by atoms with Crippen molar-refractivity contribution in [3.8, 4) is 0 Å². The summed E-state index contributed by atoms with van der Waals surface area (Å²) in [5.74, 6) is 0.525. The fourth-order valence-electron chi connectivity index (χ4n) is 2.08. The van der Waals surface area contributed by atoms with Gasteiger partial charge in [-0.15, -0.1) is 0 Å². The van der Waals surface area contributed by atoms with E-state index >= 15 is 0 Å². The summed E-state index contributed by atoms with van der Waals surface area (Å²) < 4.78 is 0. The second kappa shape index (κ2) is 5.93. The number of nitrogens with one attached hydrogen (secondary N) is 1. The van der Waals surface area contributed by atoms with Gasteiger partial charge in [0, 0.05) is 17.7 Å². The van der Waals surface area contributed by atoms with Crippen molar-refractivity contribution < 1.29 is 0 Å². The largest absolute Gasteiger partial charge is 0.386 e. The summed E-state index contributed by atoms with van der Waals surface area (Å²) in [6, 6.07) is 0.521. The molecule has 0 fully saturated rings. The van der Waals surface area contributed by atoms with Gasteiger partial charge in [-0.1, -0.05) is 55.0 Å². The Morgan fingerprint density at radius 3 is 1.88 bits per heavy atom. The maximum Gasteiger partial charge on any atom is 0.0227 e. The van der Waals surface area contributed by atoms with Crippen LogP contribution in [0.5, 0.6) is 0 Å². The van der Waals surface area contributed by atoms with Gasteiger partial charge in [0.2, 0.25) is 0 Å². The van der Waals surface area contributed by atoms with Crippen molar-refractivity contribution in [3.05, 3.63) is 12.3 Å². The highest BCUT2D eigenvalue weighted by molar-refractivity contribution is 5.05. The second-order valence-corrected chi connectivity index (χ2v) is 7.66. The van der Waals surface area contributed by atoms with Crippen LogP contribution >= 0.6 is 0 Å². The maximum absolute atomic E-state index is 4.28. The van der Waals surface area contributed by atoms with E-state index in [4.69, 9.17) is 0 Å². The summed E-state index contributed by atoms with van der Waals surface area (Å²) in [4.78, 5) is 0. The zero-order chi connectivity index (χ0) is 13.9. The van der Waals surface area contributed by atoms with Crippen LogP contribution in [0.15, 0.2) is 12.3 Å². The minimum Gasteiger partial charge on any atom is -0.386 e. The normalized spacial score (nSPS) is 16.5. The van der Waals surface area contributed by atoms with Gasteiger partial charge in [-0.25, -0.2) is 0 Å². The van der Waals surface area contributed by atoms with E-state index in [1.54, 1.807) is 0 Å². The number of rotatable bonds is 5. The molecule has 0 spiro atoms. The molecule has 0 aliphatic rings. The molecule has 2 atom stereocenters. The van der Waals surface area contributed by atoms with Crippen LogP contribution in [-0.4, -0.2) is 6.04 Å². The number of hydrogen-bond donors (Lipinski definition) is 1. The van der Waals surface area contributed by atoms with Gasteiger partial charge in [0.05, 0.1) is 0 Å². The van der Waals surface area contributed by atoms with Crippen molar-refractivity contribution in [1.82, 2.24) is 5.32 Å². The van der Waals surface area contributed by atoms with Crippen LogP contribution in [0.3, 0.4) is 0 Å². The lowest BCUT2D eigenvalue weighted by molar-refractivity contribution is 0.187. The zero-order valence-electron chi connectivity index (χ0n) is 13.3. The van der Waals surface area contributed by atoms with Crippen LogP contribution in [0, 0.1) is 16.7 Å². The Kier molecular flexibility index (Phi) is 5.77. The standard InChI is InChI=1S/C16H33N/c1-10-12(2)17-13(3)14(16(7,8)9)11-15(4,5)6/h12,14,17H,3,10-11H2,1-2,4-9H3. The van der Waals surface area contributed by atoms with Crippen molar-refractivity contribution in [1.29, 1.82) is 0 Å². The summed E-state index contributed by atoms with van der Waals surface area (Å²) in [6.07, 6.45) is 2.32. The molecule has 1 nitrogen and oxygen atoms in total. The molecule has 0 bridgehead atoms. The van der Waals surface area contributed by atoms with Crippen LogP contribution < -0.4 is 5.32 Å². The molecule has 0 radical (unpaired) electrons. The minimum atomic E-state index is 0.269. The third-order valence-corrected chi connectivity index (χ3v) is 3.33. The molecule has 17 heavy (non-hydrogen) atoms. The van der Waals surface area contributed by atoms with Crippen LogP contribution in [0.4, 0.5) is 0 Å². The molecule has 0 amide bonds. The third-order valence-electron chi connectivity index (χ3n) is 3.33. The Bertz CT molecular complexity index is 239. The average Bonchev–Trinajstić information content (AvgIpc) is 2.10. The molecule has 0 heterocycles. The van der Waals surface area contributed by atoms with E-state index in [0.717, 1.165) is 6.42 Å². The topological polar surface area (TPSA) is 12.0 Å². The smallest absolute Gasteiger partial charge is 0.0227 e. The maximum atomic E-state index is 4.28. The first-order valence-corrected chi connectivity index (χ1v) is 6.92. The first kappa shape index (κ1) is 16.5. The molecule has 102 valence electrons. The SMILES string of the molecule is C=C(NC(C)CC)C(CC(C)(C)C)C(C)(C)C. The minimum absolute atomic E-state index is 0.269. The highest BCUT2D eigenvalue weighted by atomic mass is 14.9. The summed E-state index contributed by atoms with van der Waals surface area (Å²) in [5, 5.41) is 3.56. The van der Waals surface area contributed by atoms with Crippen molar-refractivity contribution in [3.63, 3.8) is 0 Å². The second-order valence-electron chi connectivity index (χ2n) is 7.66. The van der Waals surface area contributed by atoms with E-state index in [1.165, 1.54) is 12.1 Å². The summed E-state index contributed by atoms with van der Waals surface area (Å²) in [5.41, 5.74) is 1.82. The van der Waals surface area contributed by atoms with Gasteiger partial charge in [-0.05, 0) is 30.6 Å². The molecule has 0 rings (SSSR count). The quantitative estimate of drug-likeness (QED) is 0.713. The average molecular weight is 239 g/mol. The van der Waals surface area contributed by atoms with Crippen molar-refractivity contribution in [2.45, 2.75) is 74.3 Å². The molecule has 0 aromatic heterocycles. The van der Waals surface area contributed by atoms with E-state index in [0.29, 0.717) is 17.4 Å². The molecule has 2 unspecified atom stereocenters. The molecule has 0 aromatic rings. The van der Waals surface area contributed by atoms with Gasteiger partial charge in [-0.2, -0.15) is 0 Å². The van der Waals surface area contributed by atoms with E-state index in [9.17, 15) is 0 Å². The first-order valence-electron chi connectivity index (χ1n) is 6.92. The lowest BCUT2D eigenvalue weighted by atomic mass is 9.71. The van der Waals surface area contributed by atoms with E-state index in [1.807, 2.05) is 0 Å². The lowest BCUT2D eigenvalue weighted by Gasteiger charge is -2.38. The molecule has 0 saturated carbocycles. The van der Waals surface area contributed by atoms with E-state index in [-0.39, 0.29) is 5.41 Å². The predicted octanol–water partition coefficient (Wildman–Crippen LogP) is 4.99. The van der Waals surface area contributed by atoms with E-state index in [2.05, 4.69) is 67.3 Å². The van der Waals surface area contributed by atoms with Crippen molar-refractivity contribution in [2.24, 2.45) is 16.7 Å². The Labute approximate surface area is 109 Å². The van der Waals surface area contributed by atoms with Crippen molar-refractivity contribution >= 4 is 0 Å². The van der Waals surface area contributed by atoms with Gasteiger partial charge >= 0.3 is 0 Å². The molecule has 0 aliphatic carbocycles. The fourth-order valence-corrected chi connectivity index (χ4v) is 2.08. The molecule has 0 aromatic carbocycles. The van der Waals surface area contributed by atoms with Crippen LogP contribution in [-0.2, 0) is 0 Å². The molecule has 1 N–H and O–H groups in total. The Morgan fingerprint density at radius 2 is 1.59 bits per heavy atom. The van der Waals surface area contributed by atoms with Gasteiger partial charge in [0.1, 0.15) is 0 Å². The van der Waals surface area contributed by atoms with Crippen molar-refractivity contribution in [2.75, 3.05) is 0 Å². The fraction of sp³-hybridized carbons (Fsp3) is 0.875. The summed E-state index contributed by atoms with van der Waals surface area (Å²) >= 11 is 0. The van der Waals surface area contributed by atoms with Crippen LogP contribution in [0.2, 0.25) is 0 Å². The Hall–Kier alpha value is -0.460. The highest BCUT2D eigenvalue weighted by Gasteiger charge is 2.31. The molecule has 0 saturated heterocycles. The van der Waals surface area contributed by atoms with Crippen LogP contribution in [0.25, 0.3) is 0 Å². The molecular weight excluding hydrogens is 206 g/mol. The van der Waals surface area contributed by atoms with Gasteiger partial charge in [0.15, 0.2) is 0 Å². The van der Waals surface area contributed by atoms with Gasteiger partial charge in [-0.3, -0.25) is 0 Å². The molecule has 1 heteroatoms. The summed E-state index contributed by atoms with van der Waals surface area (Å²) in [7, 11) is 0. The summed E-state index contributed by atoms with van der Waals surface area (Å²) in [6.45, 7) is 22.6. The molecular formula is C16H33N. The number of allylic oxidation sites excluding steroid dienone is 1. The Balaban J connectivity index is 4.76. The lowest BCUT2D eigenvalue weighted by Crippen LogP contribution is -2.35. The van der Waals surface area contributed by atoms with E-state index < -0.39 is 0 Å². The van der Waals surface area contributed by atoms with Gasteiger partial charge < -0.3 is 5.32 Å². The monoisotopic (exact) mass is 239 g/mol. The zero-order valence-corrected chi connectivity index (χ0v) is 13.3. The third kappa shape index (κ3) is 6.75. The number of hydrogen-bond acceptors (Lipinski definition) is 1. The molecule has 0 aliphatic heterocycles.